The summed E-state index contributed by atoms with van der Waals surface area (Å²) in [5.74, 6) is -1.52. The Morgan fingerprint density at radius 3 is 2.20 bits per heavy atom. The summed E-state index contributed by atoms with van der Waals surface area (Å²) in [5, 5.41) is 35.9. The van der Waals surface area contributed by atoms with Gasteiger partial charge in [0.1, 0.15) is 0 Å². The van der Waals surface area contributed by atoms with Gasteiger partial charge in [0.15, 0.2) is 5.69 Å². The van der Waals surface area contributed by atoms with Crippen molar-refractivity contribution in [2.45, 2.75) is 0 Å². The largest absolute Gasteiger partial charge is 0.476 e. The highest BCUT2D eigenvalue weighted by molar-refractivity contribution is 5.93. The average Bonchev–Trinajstić information content (AvgIpc) is 2.83. The minimum Gasteiger partial charge on any atom is -0.476 e. The molecule has 1 aromatic carbocycles. The minimum atomic E-state index is -1.52. The SMILES string of the molecule is O=C(O)c1[nH]nc(-c2ccc([N+](=O)[O-])cc2)c1[N+](=O)[O-]. The lowest BCUT2D eigenvalue weighted by Crippen LogP contribution is -2.01. The van der Waals surface area contributed by atoms with Crippen molar-refractivity contribution in [2.75, 3.05) is 0 Å². The molecule has 0 aliphatic carbocycles. The first-order valence-corrected chi connectivity index (χ1v) is 5.12. The molecule has 0 unspecified atom stereocenters. The Hall–Kier alpha value is -3.30. The molecule has 1 heterocycles. The maximum atomic E-state index is 10.9. The van der Waals surface area contributed by atoms with Crippen molar-refractivity contribution in [1.82, 2.24) is 10.2 Å². The van der Waals surface area contributed by atoms with E-state index in [1.807, 2.05) is 0 Å². The second-order valence-corrected chi connectivity index (χ2v) is 3.66. The Morgan fingerprint density at radius 2 is 1.75 bits per heavy atom. The second kappa shape index (κ2) is 4.76. The average molecular weight is 278 g/mol. The van der Waals surface area contributed by atoms with Crippen molar-refractivity contribution in [3.63, 3.8) is 0 Å². The van der Waals surface area contributed by atoms with E-state index >= 15 is 0 Å². The van der Waals surface area contributed by atoms with Gasteiger partial charge in [-0.1, -0.05) is 0 Å². The summed E-state index contributed by atoms with van der Waals surface area (Å²) < 4.78 is 0. The number of aromatic carboxylic acids is 1. The van der Waals surface area contributed by atoms with Crippen molar-refractivity contribution in [2.24, 2.45) is 0 Å². The van der Waals surface area contributed by atoms with Gasteiger partial charge in [-0.15, -0.1) is 0 Å². The molecular weight excluding hydrogens is 272 g/mol. The molecule has 0 atom stereocenters. The number of benzene rings is 1. The van der Waals surface area contributed by atoms with Crippen LogP contribution in [-0.2, 0) is 0 Å². The van der Waals surface area contributed by atoms with Crippen LogP contribution in [0.25, 0.3) is 11.3 Å². The van der Waals surface area contributed by atoms with Crippen molar-refractivity contribution in [1.29, 1.82) is 0 Å². The molecule has 0 aliphatic rings. The maximum absolute atomic E-state index is 10.9. The maximum Gasteiger partial charge on any atom is 0.361 e. The smallest absolute Gasteiger partial charge is 0.361 e. The molecule has 0 amide bonds. The summed E-state index contributed by atoms with van der Waals surface area (Å²) in [7, 11) is 0. The number of rotatable bonds is 4. The number of aromatic amines is 1. The summed E-state index contributed by atoms with van der Waals surface area (Å²) in [6, 6.07) is 4.81. The standard InChI is InChI=1S/C10H6N4O6/c15-10(16)8-9(14(19)20)7(11-12-8)5-1-3-6(4-2-5)13(17)18/h1-4H,(H,11,12)(H,15,16). The van der Waals surface area contributed by atoms with Crippen LogP contribution in [-0.4, -0.2) is 31.1 Å². The fourth-order valence-corrected chi connectivity index (χ4v) is 1.61. The quantitative estimate of drug-likeness (QED) is 0.635. The Bertz CT molecular complexity index is 705. The van der Waals surface area contributed by atoms with Gasteiger partial charge in [0.05, 0.1) is 9.85 Å². The summed E-state index contributed by atoms with van der Waals surface area (Å²) in [4.78, 5) is 30.8. The van der Waals surface area contributed by atoms with Gasteiger partial charge < -0.3 is 5.11 Å². The zero-order chi connectivity index (χ0) is 14.9. The van der Waals surface area contributed by atoms with E-state index in [0.717, 1.165) is 12.1 Å². The van der Waals surface area contributed by atoms with Crippen molar-refractivity contribution < 1.29 is 19.7 Å². The highest BCUT2D eigenvalue weighted by Crippen LogP contribution is 2.31. The predicted molar refractivity (Wildman–Crippen MR) is 64.3 cm³/mol. The van der Waals surface area contributed by atoms with Crippen LogP contribution in [0.2, 0.25) is 0 Å². The molecule has 0 saturated heterocycles. The van der Waals surface area contributed by atoms with Crippen molar-refractivity contribution in [3.8, 4) is 11.3 Å². The zero-order valence-corrected chi connectivity index (χ0v) is 9.64. The van der Waals surface area contributed by atoms with E-state index in [1.165, 1.54) is 12.1 Å². The van der Waals surface area contributed by atoms with E-state index in [0.29, 0.717) is 0 Å². The molecule has 2 rings (SSSR count). The van der Waals surface area contributed by atoms with Crippen LogP contribution in [0, 0.1) is 20.2 Å². The van der Waals surface area contributed by atoms with Crippen LogP contribution in [0.15, 0.2) is 24.3 Å². The molecule has 2 N–H and O–H groups in total. The highest BCUT2D eigenvalue weighted by Gasteiger charge is 2.29. The third kappa shape index (κ3) is 2.16. The third-order valence-electron chi connectivity index (χ3n) is 2.49. The molecule has 102 valence electrons. The number of non-ortho nitro benzene ring substituents is 1. The molecule has 10 nitrogen and oxygen atoms in total. The van der Waals surface area contributed by atoms with Gasteiger partial charge in [-0.25, -0.2) is 4.79 Å². The molecule has 0 spiro atoms. The predicted octanol–water partition coefficient (Wildman–Crippen LogP) is 1.59. The number of nitro groups is 2. The molecule has 0 aliphatic heterocycles. The van der Waals surface area contributed by atoms with Crippen LogP contribution < -0.4 is 0 Å². The highest BCUT2D eigenvalue weighted by atomic mass is 16.6. The molecule has 1 aromatic heterocycles. The molecule has 20 heavy (non-hydrogen) atoms. The Labute approximate surface area is 110 Å². The van der Waals surface area contributed by atoms with Crippen LogP contribution >= 0.6 is 0 Å². The first-order chi connectivity index (χ1) is 9.41. The number of nitrogens with zero attached hydrogens (tertiary/aromatic N) is 3. The summed E-state index contributed by atoms with van der Waals surface area (Å²) in [5.41, 5.74) is -1.52. The topological polar surface area (TPSA) is 152 Å². The number of aromatic nitrogens is 2. The Kier molecular flexibility index (Phi) is 3.13. The monoisotopic (exact) mass is 278 g/mol. The van der Waals surface area contributed by atoms with E-state index in [-0.39, 0.29) is 16.9 Å². The first-order valence-electron chi connectivity index (χ1n) is 5.12. The molecular formula is C10H6N4O6. The lowest BCUT2D eigenvalue weighted by atomic mass is 10.1. The third-order valence-corrected chi connectivity index (χ3v) is 2.49. The second-order valence-electron chi connectivity index (χ2n) is 3.66. The number of nitro benzene ring substituents is 1. The molecule has 0 fully saturated rings. The van der Waals surface area contributed by atoms with Crippen LogP contribution in [0.3, 0.4) is 0 Å². The Morgan fingerprint density at radius 1 is 1.15 bits per heavy atom. The lowest BCUT2D eigenvalue weighted by Gasteiger charge is -1.97. The normalized spacial score (nSPS) is 10.2. The molecule has 0 saturated carbocycles. The van der Waals surface area contributed by atoms with Gasteiger partial charge in [0.25, 0.3) is 5.69 Å². The van der Waals surface area contributed by atoms with Gasteiger partial charge >= 0.3 is 11.7 Å². The van der Waals surface area contributed by atoms with Crippen LogP contribution in [0.4, 0.5) is 11.4 Å². The van der Waals surface area contributed by atoms with Crippen molar-refractivity contribution >= 4 is 17.3 Å². The van der Waals surface area contributed by atoms with E-state index in [1.54, 1.807) is 0 Å². The molecule has 0 radical (unpaired) electrons. The summed E-state index contributed by atoms with van der Waals surface area (Å²) in [6.45, 7) is 0. The van der Waals surface area contributed by atoms with Gasteiger partial charge in [0.2, 0.25) is 5.69 Å². The zero-order valence-electron chi connectivity index (χ0n) is 9.64. The van der Waals surface area contributed by atoms with E-state index in [4.69, 9.17) is 5.11 Å². The Balaban J connectivity index is 2.55. The number of H-pyrrole nitrogens is 1. The number of carboxylic acid groups (broad SMARTS) is 1. The summed E-state index contributed by atoms with van der Waals surface area (Å²) in [6.07, 6.45) is 0. The van der Waals surface area contributed by atoms with Gasteiger partial charge in [-0.05, 0) is 12.1 Å². The molecule has 0 bridgehead atoms. The van der Waals surface area contributed by atoms with E-state index in [2.05, 4.69) is 10.2 Å². The van der Waals surface area contributed by atoms with Crippen molar-refractivity contribution in [3.05, 3.63) is 50.2 Å². The fourth-order valence-electron chi connectivity index (χ4n) is 1.61. The van der Waals surface area contributed by atoms with Crippen LogP contribution in [0.5, 0.6) is 0 Å². The number of carbonyl (C=O) groups is 1. The van der Waals surface area contributed by atoms with Gasteiger partial charge in [0, 0.05) is 17.7 Å². The lowest BCUT2D eigenvalue weighted by molar-refractivity contribution is -0.385. The first kappa shape index (κ1) is 13.1. The number of hydrogen-bond donors (Lipinski definition) is 2. The minimum absolute atomic E-state index is 0.189. The number of carboxylic acids is 1. The van der Waals surface area contributed by atoms with E-state index < -0.39 is 27.2 Å². The van der Waals surface area contributed by atoms with Gasteiger partial charge in [-0.2, -0.15) is 5.10 Å². The van der Waals surface area contributed by atoms with Crippen LogP contribution in [0.1, 0.15) is 10.5 Å². The molecule has 2 aromatic rings. The van der Waals surface area contributed by atoms with E-state index in [9.17, 15) is 25.0 Å². The summed E-state index contributed by atoms with van der Waals surface area (Å²) >= 11 is 0. The number of hydrogen-bond acceptors (Lipinski definition) is 6. The molecule has 10 heteroatoms. The number of nitrogens with one attached hydrogen (secondary N) is 1. The fraction of sp³-hybridized carbons (Fsp3) is 0. The van der Waals surface area contributed by atoms with Gasteiger partial charge in [-0.3, -0.25) is 25.3 Å².